The van der Waals surface area contributed by atoms with E-state index >= 15 is 0 Å². The van der Waals surface area contributed by atoms with Gasteiger partial charge in [-0.2, -0.15) is 4.52 Å². The lowest BCUT2D eigenvalue weighted by atomic mass is 9.71. The minimum Gasteiger partial charge on any atom is -0.384 e. The van der Waals surface area contributed by atoms with Gasteiger partial charge in [-0.1, -0.05) is 0 Å². The van der Waals surface area contributed by atoms with E-state index in [9.17, 15) is 0 Å². The number of likely N-dealkylation sites (tertiary alicyclic amines) is 1. The summed E-state index contributed by atoms with van der Waals surface area (Å²) in [5.41, 5.74) is 1.13. The Morgan fingerprint density at radius 3 is 2.81 bits per heavy atom. The van der Waals surface area contributed by atoms with Gasteiger partial charge in [-0.3, -0.25) is 0 Å². The molecule has 0 bridgehead atoms. The number of rotatable bonds is 6. The smallest absolute Gasteiger partial charge is 0.177 e. The molecule has 0 amide bonds. The molecule has 26 heavy (non-hydrogen) atoms. The normalized spacial score (nSPS) is 23.3. The van der Waals surface area contributed by atoms with Gasteiger partial charge in [-0.15, -0.1) is 15.3 Å². The second-order valence-electron chi connectivity index (χ2n) is 7.55. The fourth-order valence-corrected chi connectivity index (χ4v) is 4.60. The highest BCUT2D eigenvalue weighted by Gasteiger charge is 2.47. The summed E-state index contributed by atoms with van der Waals surface area (Å²) >= 11 is 0. The van der Waals surface area contributed by atoms with Crippen LogP contribution in [0.3, 0.4) is 0 Å². The molecular weight excluding hydrogens is 332 g/mol. The summed E-state index contributed by atoms with van der Waals surface area (Å²) in [7, 11) is 3.59. The highest BCUT2D eigenvalue weighted by molar-refractivity contribution is 5.45. The first kappa shape index (κ1) is 17.6. The van der Waals surface area contributed by atoms with Crippen molar-refractivity contribution in [2.45, 2.75) is 12.8 Å². The van der Waals surface area contributed by atoms with Gasteiger partial charge in [0.2, 0.25) is 0 Å². The molecule has 0 radical (unpaired) electrons. The van der Waals surface area contributed by atoms with Crippen molar-refractivity contribution in [3.05, 3.63) is 18.5 Å². The number of anilines is 1. The number of aromatic nitrogens is 4. The number of fused-ring (bicyclic) bond motifs is 1. The number of nitrogens with zero attached hydrogens (tertiary/aromatic N) is 6. The number of ether oxygens (including phenoxy) is 2. The van der Waals surface area contributed by atoms with Crippen molar-refractivity contribution in [2.24, 2.45) is 11.3 Å². The van der Waals surface area contributed by atoms with Crippen LogP contribution in [0.15, 0.2) is 18.5 Å². The molecule has 8 heteroatoms. The molecule has 4 rings (SSSR count). The van der Waals surface area contributed by atoms with E-state index in [1.807, 2.05) is 19.2 Å². The predicted octanol–water partition coefficient (Wildman–Crippen LogP) is 0.936. The molecule has 0 unspecified atom stereocenters. The Morgan fingerprint density at radius 2 is 2.04 bits per heavy atom. The van der Waals surface area contributed by atoms with Gasteiger partial charge in [0.25, 0.3) is 0 Å². The largest absolute Gasteiger partial charge is 0.384 e. The van der Waals surface area contributed by atoms with Gasteiger partial charge in [0.1, 0.15) is 12.1 Å². The van der Waals surface area contributed by atoms with Crippen LogP contribution in [0.4, 0.5) is 5.82 Å². The average molecular weight is 360 g/mol. The highest BCUT2D eigenvalue weighted by Crippen LogP contribution is 2.45. The molecule has 8 nitrogen and oxygen atoms in total. The lowest BCUT2D eigenvalue weighted by molar-refractivity contribution is 0.0760. The van der Waals surface area contributed by atoms with Crippen molar-refractivity contribution in [1.29, 1.82) is 0 Å². The molecule has 142 valence electrons. The average Bonchev–Trinajstić information content (AvgIpc) is 3.26. The number of hydrogen-bond acceptors (Lipinski definition) is 7. The maximum absolute atomic E-state index is 5.56. The first-order valence-corrected chi connectivity index (χ1v) is 9.36. The third kappa shape index (κ3) is 3.28. The van der Waals surface area contributed by atoms with Gasteiger partial charge in [0.05, 0.1) is 13.2 Å². The van der Waals surface area contributed by atoms with Crippen molar-refractivity contribution in [1.82, 2.24) is 24.7 Å². The summed E-state index contributed by atoms with van der Waals surface area (Å²) in [6.45, 7) is 6.96. The minimum absolute atomic E-state index is 0.348. The first-order chi connectivity index (χ1) is 12.7. The summed E-state index contributed by atoms with van der Waals surface area (Å²) < 4.78 is 12.6. The lowest BCUT2D eigenvalue weighted by Crippen LogP contribution is -2.45. The van der Waals surface area contributed by atoms with E-state index in [2.05, 4.69) is 25.1 Å². The van der Waals surface area contributed by atoms with Crippen LogP contribution in [0.2, 0.25) is 0 Å². The highest BCUT2D eigenvalue weighted by atomic mass is 16.5. The lowest BCUT2D eigenvalue weighted by Gasteiger charge is -2.43. The van der Waals surface area contributed by atoms with Gasteiger partial charge in [-0.25, -0.2) is 0 Å². The maximum atomic E-state index is 5.56. The summed E-state index contributed by atoms with van der Waals surface area (Å²) in [5.74, 6) is 1.60. The molecule has 1 atom stereocenters. The molecule has 2 aromatic rings. The van der Waals surface area contributed by atoms with Crippen molar-refractivity contribution < 1.29 is 9.47 Å². The molecule has 2 aliphatic heterocycles. The molecular formula is C18H28N6O2. The SMILES string of the molecule is COCCN1C[C@H](COC)C2(CCN(c3ccc4nncn4n3)CC2)C1. The summed E-state index contributed by atoms with van der Waals surface area (Å²) in [4.78, 5) is 4.93. The van der Waals surface area contributed by atoms with E-state index < -0.39 is 0 Å². The molecule has 0 aliphatic carbocycles. The van der Waals surface area contributed by atoms with Crippen molar-refractivity contribution in [2.75, 3.05) is 65.1 Å². The van der Waals surface area contributed by atoms with Gasteiger partial charge in [0, 0.05) is 52.9 Å². The third-order valence-corrected chi connectivity index (χ3v) is 6.09. The Kier molecular flexibility index (Phi) is 5.06. The molecule has 0 aromatic carbocycles. The number of piperidine rings is 1. The van der Waals surface area contributed by atoms with E-state index in [1.54, 1.807) is 18.0 Å². The van der Waals surface area contributed by atoms with Gasteiger partial charge < -0.3 is 19.3 Å². The molecule has 4 heterocycles. The van der Waals surface area contributed by atoms with Crippen LogP contribution < -0.4 is 4.90 Å². The fraction of sp³-hybridized carbons (Fsp3) is 0.722. The standard InChI is InChI=1S/C18H28N6O2/c1-25-10-9-22-11-15(12-26-2)18(13-22)5-7-23(8-6-18)17-4-3-16-20-19-14-24(16)21-17/h3-4,14-15H,5-13H2,1-2H3/t15-/m1/s1. The quantitative estimate of drug-likeness (QED) is 0.759. The van der Waals surface area contributed by atoms with Crippen LogP contribution in [-0.4, -0.2) is 84.9 Å². The van der Waals surface area contributed by atoms with Crippen LogP contribution in [0.5, 0.6) is 0 Å². The summed E-state index contributed by atoms with van der Waals surface area (Å²) in [6.07, 6.45) is 4.00. The molecule has 0 saturated carbocycles. The van der Waals surface area contributed by atoms with Crippen molar-refractivity contribution in [3.8, 4) is 0 Å². The summed E-state index contributed by atoms with van der Waals surface area (Å²) in [6, 6.07) is 4.03. The molecule has 2 saturated heterocycles. The van der Waals surface area contributed by atoms with Crippen LogP contribution in [0.1, 0.15) is 12.8 Å². The topological polar surface area (TPSA) is 68.0 Å². The zero-order chi connectivity index (χ0) is 18.0. The minimum atomic E-state index is 0.348. The molecule has 2 aromatic heterocycles. The van der Waals surface area contributed by atoms with E-state index in [0.717, 1.165) is 57.4 Å². The van der Waals surface area contributed by atoms with Crippen LogP contribution in [0.25, 0.3) is 5.65 Å². The molecule has 1 spiro atoms. The zero-order valence-corrected chi connectivity index (χ0v) is 15.7. The Hall–Kier alpha value is -1.77. The first-order valence-electron chi connectivity index (χ1n) is 9.36. The molecule has 0 N–H and O–H groups in total. The Bertz CT molecular complexity index is 727. The maximum Gasteiger partial charge on any atom is 0.177 e. The molecule has 2 fully saturated rings. The second kappa shape index (κ2) is 7.46. The van der Waals surface area contributed by atoms with Gasteiger partial charge >= 0.3 is 0 Å². The van der Waals surface area contributed by atoms with Crippen molar-refractivity contribution in [3.63, 3.8) is 0 Å². The van der Waals surface area contributed by atoms with Gasteiger partial charge in [0.15, 0.2) is 5.65 Å². The van der Waals surface area contributed by atoms with Crippen LogP contribution >= 0.6 is 0 Å². The summed E-state index contributed by atoms with van der Waals surface area (Å²) in [5, 5.41) is 12.6. The Morgan fingerprint density at radius 1 is 1.19 bits per heavy atom. The van der Waals surface area contributed by atoms with Crippen LogP contribution in [0, 0.1) is 11.3 Å². The molecule has 2 aliphatic rings. The number of methoxy groups -OCH3 is 2. The third-order valence-electron chi connectivity index (χ3n) is 6.09. The van der Waals surface area contributed by atoms with E-state index in [4.69, 9.17) is 9.47 Å². The van der Waals surface area contributed by atoms with Crippen LogP contribution in [-0.2, 0) is 9.47 Å². The van der Waals surface area contributed by atoms with Gasteiger partial charge in [-0.05, 0) is 30.4 Å². The Balaban J connectivity index is 1.44. The predicted molar refractivity (Wildman–Crippen MR) is 98.3 cm³/mol. The second-order valence-corrected chi connectivity index (χ2v) is 7.55. The zero-order valence-electron chi connectivity index (χ0n) is 15.7. The Labute approximate surface area is 154 Å². The van der Waals surface area contributed by atoms with E-state index in [0.29, 0.717) is 11.3 Å². The van der Waals surface area contributed by atoms with E-state index in [-0.39, 0.29) is 0 Å². The number of hydrogen-bond donors (Lipinski definition) is 0. The van der Waals surface area contributed by atoms with Crippen molar-refractivity contribution >= 4 is 11.5 Å². The fourth-order valence-electron chi connectivity index (χ4n) is 4.60. The monoisotopic (exact) mass is 360 g/mol. The van der Waals surface area contributed by atoms with E-state index in [1.165, 1.54) is 12.8 Å².